The molecule has 0 radical (unpaired) electrons. The van der Waals surface area contributed by atoms with Crippen molar-refractivity contribution in [3.05, 3.63) is 0 Å². The maximum absolute atomic E-state index is 8.83. The molecular weight excluding hydrogens is 178 g/mol. The molecule has 0 fully saturated rings. The van der Waals surface area contributed by atoms with E-state index in [0.29, 0.717) is 0 Å². The number of nitrogen functional groups attached to an aromatic ring is 3. The number of carbonyl (C=O) groups is 1. The van der Waals surface area contributed by atoms with Gasteiger partial charge >= 0.3 is 6.47 Å². The molecule has 0 aliphatic heterocycles. The lowest BCUT2D eigenvalue weighted by Gasteiger charge is -1.93. The summed E-state index contributed by atoms with van der Waals surface area (Å²) >= 11 is 0. The lowest BCUT2D eigenvalue weighted by Crippen LogP contribution is -2.05. The molecule has 0 spiro atoms. The Morgan fingerprint density at radius 3 is 1.38 bits per heavy atom. The average molecular weight is 187 g/mol. The fourth-order valence-corrected chi connectivity index (χ4v) is 0.427. The van der Waals surface area contributed by atoms with E-state index >= 15 is 0 Å². The summed E-state index contributed by atoms with van der Waals surface area (Å²) in [6.07, 6.45) is 0. The van der Waals surface area contributed by atoms with Crippen LogP contribution >= 0.6 is 0 Å². The first-order valence-corrected chi connectivity index (χ1v) is 2.91. The van der Waals surface area contributed by atoms with Crippen molar-refractivity contribution in [1.82, 2.24) is 15.0 Å². The van der Waals surface area contributed by atoms with Gasteiger partial charge in [0.25, 0.3) is 0 Å². The molecule has 0 aliphatic rings. The number of carbonyl (C=O) groups excluding carboxylic acids is 1. The first-order valence-electron chi connectivity index (χ1n) is 2.91. The molecule has 1 heterocycles. The van der Waals surface area contributed by atoms with Crippen LogP contribution in [0.3, 0.4) is 0 Å². The zero-order chi connectivity index (χ0) is 10.3. The van der Waals surface area contributed by atoms with Crippen molar-refractivity contribution in [2.45, 2.75) is 0 Å². The highest BCUT2D eigenvalue weighted by Crippen LogP contribution is 1.97. The van der Waals surface area contributed by atoms with Gasteiger partial charge in [-0.2, -0.15) is 20.8 Å². The molecule has 9 nitrogen and oxygen atoms in total. The summed E-state index contributed by atoms with van der Waals surface area (Å²) in [5.74, 6) is 4.28. The van der Waals surface area contributed by atoms with Crippen molar-refractivity contribution in [3.8, 4) is 0 Å². The molecule has 0 unspecified atom stereocenters. The predicted octanol–water partition coefficient (Wildman–Crippen LogP) is -2.35. The van der Waals surface area contributed by atoms with E-state index in [0.717, 1.165) is 0 Å². The van der Waals surface area contributed by atoms with Crippen molar-refractivity contribution in [2.24, 2.45) is 5.90 Å². The zero-order valence-corrected chi connectivity index (χ0v) is 6.54. The molecule has 0 amide bonds. The van der Waals surface area contributed by atoms with E-state index in [-0.39, 0.29) is 24.3 Å². The van der Waals surface area contributed by atoms with Crippen molar-refractivity contribution >= 4 is 24.3 Å². The maximum atomic E-state index is 8.83. The van der Waals surface area contributed by atoms with Gasteiger partial charge in [0.05, 0.1) is 0 Å². The fourth-order valence-electron chi connectivity index (χ4n) is 0.427. The molecule has 13 heavy (non-hydrogen) atoms. The largest absolute Gasteiger partial charge is 0.376 e. The van der Waals surface area contributed by atoms with Crippen LogP contribution in [-0.2, 0) is 9.63 Å². The van der Waals surface area contributed by atoms with Crippen molar-refractivity contribution in [2.75, 3.05) is 17.2 Å². The highest BCUT2D eigenvalue weighted by Gasteiger charge is 1.93. The quantitative estimate of drug-likeness (QED) is 0.277. The summed E-state index contributed by atoms with van der Waals surface area (Å²) in [5, 5.41) is 0. The number of aromatic nitrogens is 3. The smallest absolute Gasteiger partial charge is 0.312 e. The fraction of sp³-hybridized carbons (Fsp3) is 0. The van der Waals surface area contributed by atoms with Crippen LogP contribution < -0.4 is 23.1 Å². The number of anilines is 3. The van der Waals surface area contributed by atoms with Gasteiger partial charge < -0.3 is 22.0 Å². The molecule has 0 bridgehead atoms. The van der Waals surface area contributed by atoms with E-state index < -0.39 is 0 Å². The Morgan fingerprint density at radius 2 is 1.23 bits per heavy atom. The van der Waals surface area contributed by atoms with E-state index in [4.69, 9.17) is 22.0 Å². The van der Waals surface area contributed by atoms with Crippen molar-refractivity contribution in [3.63, 3.8) is 0 Å². The molecule has 72 valence electrons. The minimum atomic E-state index is 0.0417. The molecule has 0 aromatic carbocycles. The average Bonchev–Trinajstić information content (AvgIpc) is 2.02. The molecule has 1 aromatic heterocycles. The normalized spacial score (nSPS) is 8.08. The second-order valence-electron chi connectivity index (χ2n) is 1.64. The topological polar surface area (TPSA) is 169 Å². The van der Waals surface area contributed by atoms with Gasteiger partial charge in [0, 0.05) is 0 Å². The van der Waals surface area contributed by atoms with E-state index in [1.807, 2.05) is 0 Å². The summed E-state index contributed by atoms with van der Waals surface area (Å²) in [4.78, 5) is 22.7. The summed E-state index contributed by atoms with van der Waals surface area (Å²) in [6.45, 7) is 0.153. The molecule has 1 rings (SSSR count). The van der Waals surface area contributed by atoms with Crippen LogP contribution in [-0.4, -0.2) is 21.4 Å². The Balaban J connectivity index is 0.000000310. The van der Waals surface area contributed by atoms with E-state index in [1.54, 1.807) is 0 Å². The number of hydrogen-bond donors (Lipinski definition) is 4. The van der Waals surface area contributed by atoms with Gasteiger partial charge in [0.15, 0.2) is 0 Å². The Hall–Kier alpha value is -2.16. The van der Waals surface area contributed by atoms with Crippen LogP contribution in [0.25, 0.3) is 0 Å². The Labute approximate surface area is 73.0 Å². The van der Waals surface area contributed by atoms with Crippen LogP contribution in [0.2, 0.25) is 0 Å². The standard InChI is InChI=1S/C3H6N6.CH3NO2/c4-1-7-2(5)9-3(6)8-1;2-4-1-3/h(H6,4,5,6,7,8,9);1H,2H2. The summed E-state index contributed by atoms with van der Waals surface area (Å²) in [6, 6.07) is 0. The Morgan fingerprint density at radius 1 is 1.00 bits per heavy atom. The SMILES string of the molecule is NOC=O.Nc1nc(N)nc(N)n1. The lowest BCUT2D eigenvalue weighted by molar-refractivity contribution is -0.129. The summed E-state index contributed by atoms with van der Waals surface area (Å²) in [7, 11) is 0. The molecule has 0 saturated heterocycles. The van der Waals surface area contributed by atoms with Gasteiger partial charge in [-0.05, 0) is 0 Å². The minimum Gasteiger partial charge on any atom is -0.376 e. The molecular formula is C4H9N7O2. The third-order valence-electron chi connectivity index (χ3n) is 0.743. The highest BCUT2D eigenvalue weighted by molar-refractivity contribution is 5.35. The predicted molar refractivity (Wildman–Crippen MR) is 44.4 cm³/mol. The molecule has 9 heteroatoms. The Bertz CT molecular complexity index is 227. The maximum Gasteiger partial charge on any atom is 0.312 e. The molecule has 0 atom stereocenters. The molecule has 0 aliphatic carbocycles. The van der Waals surface area contributed by atoms with Crippen LogP contribution in [0.1, 0.15) is 0 Å². The third-order valence-corrected chi connectivity index (χ3v) is 0.743. The first-order chi connectivity index (χ1) is 6.10. The van der Waals surface area contributed by atoms with Gasteiger partial charge in [-0.15, -0.1) is 0 Å². The van der Waals surface area contributed by atoms with Gasteiger partial charge in [0.1, 0.15) is 0 Å². The monoisotopic (exact) mass is 187 g/mol. The van der Waals surface area contributed by atoms with Gasteiger partial charge in [-0.3, -0.25) is 4.79 Å². The van der Waals surface area contributed by atoms with E-state index in [2.05, 4.69) is 25.7 Å². The van der Waals surface area contributed by atoms with E-state index in [1.165, 1.54) is 0 Å². The van der Waals surface area contributed by atoms with Crippen molar-refractivity contribution in [1.29, 1.82) is 0 Å². The number of nitrogens with zero attached hydrogens (tertiary/aromatic N) is 3. The summed E-state index contributed by atoms with van der Waals surface area (Å²) in [5.41, 5.74) is 15.4. The third kappa shape index (κ3) is 5.15. The van der Waals surface area contributed by atoms with Crippen LogP contribution in [0.5, 0.6) is 0 Å². The van der Waals surface area contributed by atoms with Gasteiger partial charge in [-0.25, -0.2) is 0 Å². The van der Waals surface area contributed by atoms with Crippen LogP contribution in [0, 0.1) is 0 Å². The zero-order valence-electron chi connectivity index (χ0n) is 6.54. The molecule has 0 saturated carbocycles. The van der Waals surface area contributed by atoms with Crippen LogP contribution in [0.4, 0.5) is 17.8 Å². The van der Waals surface area contributed by atoms with Gasteiger partial charge in [0.2, 0.25) is 17.8 Å². The van der Waals surface area contributed by atoms with E-state index in [9.17, 15) is 0 Å². The number of nitrogens with two attached hydrogens (primary N) is 4. The lowest BCUT2D eigenvalue weighted by atomic mass is 10.9. The second-order valence-corrected chi connectivity index (χ2v) is 1.64. The second kappa shape index (κ2) is 5.49. The molecule has 1 aromatic rings. The number of rotatable bonds is 1. The Kier molecular flexibility index (Phi) is 4.57. The highest BCUT2D eigenvalue weighted by atomic mass is 16.6. The van der Waals surface area contributed by atoms with Crippen molar-refractivity contribution < 1.29 is 9.63 Å². The summed E-state index contributed by atoms with van der Waals surface area (Å²) < 4.78 is 0. The minimum absolute atomic E-state index is 0.0417. The van der Waals surface area contributed by atoms with Crippen LogP contribution in [0.15, 0.2) is 0 Å². The first kappa shape index (κ1) is 10.8. The van der Waals surface area contributed by atoms with Gasteiger partial charge in [-0.1, -0.05) is 0 Å². The molecule has 8 N–H and O–H groups in total. The number of hydrogen-bond acceptors (Lipinski definition) is 9.